The van der Waals surface area contributed by atoms with Gasteiger partial charge in [-0.2, -0.15) is 0 Å². The van der Waals surface area contributed by atoms with Crippen LogP contribution in [-0.2, 0) is 9.47 Å². The van der Waals surface area contributed by atoms with Crippen molar-refractivity contribution in [1.29, 1.82) is 0 Å². The lowest BCUT2D eigenvalue weighted by Crippen LogP contribution is -2.59. The summed E-state index contributed by atoms with van der Waals surface area (Å²) < 4.78 is 9.43. The minimum Gasteiger partial charge on any atom is -0.394 e. The van der Waals surface area contributed by atoms with Crippen molar-refractivity contribution in [2.45, 2.75) is 30.7 Å². The second kappa shape index (κ2) is 4.99. The van der Waals surface area contributed by atoms with Gasteiger partial charge < -0.3 is 35.0 Å². The van der Waals surface area contributed by atoms with E-state index in [-0.39, 0.29) is 0 Å². The van der Waals surface area contributed by atoms with Gasteiger partial charge in [0.15, 0.2) is 6.29 Å². The van der Waals surface area contributed by atoms with Gasteiger partial charge in [-0.05, 0) is 0 Å². The molecule has 7 heteroatoms. The predicted octanol–water partition coefficient (Wildman–Crippen LogP) is -3.25. The summed E-state index contributed by atoms with van der Waals surface area (Å²) in [6.07, 6.45) is -6.61. The Kier molecular flexibility index (Phi) is 4.20. The Morgan fingerprint density at radius 2 is 1.64 bits per heavy atom. The molecule has 1 fully saturated rings. The molecule has 0 aromatic carbocycles. The molecule has 0 spiro atoms. The van der Waals surface area contributed by atoms with Crippen LogP contribution in [0.3, 0.4) is 0 Å². The molecule has 14 heavy (non-hydrogen) atoms. The Hall–Kier alpha value is -0.280. The maximum Gasteiger partial charge on any atom is 0.189 e. The maximum atomic E-state index is 9.30. The Balaban J connectivity index is 2.63. The van der Waals surface area contributed by atoms with E-state index in [1.165, 1.54) is 0 Å². The smallest absolute Gasteiger partial charge is 0.189 e. The average molecular weight is 210 g/mol. The van der Waals surface area contributed by atoms with E-state index in [4.69, 9.17) is 14.9 Å². The van der Waals surface area contributed by atoms with Crippen LogP contribution in [0.4, 0.5) is 0 Å². The number of hydrogen-bond acceptors (Lipinski definition) is 7. The van der Waals surface area contributed by atoms with E-state index in [9.17, 15) is 15.3 Å². The molecule has 0 saturated carbocycles. The number of hydrogen-bond donors (Lipinski definition) is 5. The van der Waals surface area contributed by atoms with E-state index < -0.39 is 44.1 Å². The summed E-state index contributed by atoms with van der Waals surface area (Å²) in [5.74, 6) is 0. The normalized spacial score (nSPS) is 43.9. The van der Waals surface area contributed by atoms with Crippen LogP contribution in [-0.4, -0.2) is 69.6 Å². The molecule has 84 valence electrons. The van der Waals surface area contributed by atoms with Gasteiger partial charge in [-0.25, -0.2) is 0 Å². The molecular formula is C7H14O7. The quantitative estimate of drug-likeness (QED) is 0.310. The third kappa shape index (κ3) is 2.20. The Morgan fingerprint density at radius 1 is 1.00 bits per heavy atom. The van der Waals surface area contributed by atoms with Gasteiger partial charge in [0.1, 0.15) is 31.2 Å². The number of ether oxygens (including phenoxy) is 2. The first kappa shape index (κ1) is 11.8. The predicted molar refractivity (Wildman–Crippen MR) is 41.9 cm³/mol. The summed E-state index contributed by atoms with van der Waals surface area (Å²) >= 11 is 0. The van der Waals surface area contributed by atoms with Crippen molar-refractivity contribution in [3.05, 3.63) is 0 Å². The Bertz CT molecular complexity index is 171. The fraction of sp³-hybridized carbons (Fsp3) is 1.00. The number of aliphatic hydroxyl groups excluding tert-OH is 5. The van der Waals surface area contributed by atoms with Crippen molar-refractivity contribution in [1.82, 2.24) is 0 Å². The van der Waals surface area contributed by atoms with Crippen LogP contribution in [0, 0.1) is 0 Å². The highest BCUT2D eigenvalue weighted by Gasteiger charge is 2.43. The second-order valence-corrected chi connectivity index (χ2v) is 2.99. The van der Waals surface area contributed by atoms with E-state index in [1.54, 1.807) is 0 Å². The Morgan fingerprint density at radius 3 is 2.14 bits per heavy atom. The molecule has 0 aliphatic carbocycles. The maximum absolute atomic E-state index is 9.30. The number of aliphatic hydroxyl groups is 5. The third-order valence-corrected chi connectivity index (χ3v) is 2.09. The van der Waals surface area contributed by atoms with E-state index >= 15 is 0 Å². The van der Waals surface area contributed by atoms with Crippen LogP contribution in [0.2, 0.25) is 0 Å². The summed E-state index contributed by atoms with van der Waals surface area (Å²) in [6, 6.07) is 0. The molecule has 2 unspecified atom stereocenters. The summed E-state index contributed by atoms with van der Waals surface area (Å²) in [5.41, 5.74) is 0. The van der Waals surface area contributed by atoms with Crippen molar-refractivity contribution in [2.75, 3.05) is 13.4 Å². The summed E-state index contributed by atoms with van der Waals surface area (Å²) in [4.78, 5) is 0. The fourth-order valence-electron chi connectivity index (χ4n) is 1.28. The molecule has 0 aromatic rings. The van der Waals surface area contributed by atoms with Gasteiger partial charge in [0.2, 0.25) is 0 Å². The molecular weight excluding hydrogens is 196 g/mol. The lowest BCUT2D eigenvalue weighted by molar-refractivity contribution is -0.313. The molecule has 0 radical (unpaired) electrons. The molecule has 0 bridgehead atoms. The molecule has 0 aromatic heterocycles. The first-order valence-electron chi connectivity index (χ1n) is 4.14. The van der Waals surface area contributed by atoms with Gasteiger partial charge in [-0.15, -0.1) is 0 Å². The van der Waals surface area contributed by atoms with Crippen LogP contribution in [0.5, 0.6) is 0 Å². The zero-order chi connectivity index (χ0) is 10.7. The second-order valence-electron chi connectivity index (χ2n) is 2.99. The molecule has 1 saturated heterocycles. The van der Waals surface area contributed by atoms with Crippen LogP contribution >= 0.6 is 0 Å². The highest BCUT2D eigenvalue weighted by atomic mass is 16.7. The first-order chi connectivity index (χ1) is 6.61. The topological polar surface area (TPSA) is 120 Å². The van der Waals surface area contributed by atoms with Crippen LogP contribution in [0.15, 0.2) is 0 Å². The zero-order valence-corrected chi connectivity index (χ0v) is 7.35. The van der Waals surface area contributed by atoms with E-state index in [0.717, 1.165) is 0 Å². The molecule has 7 nitrogen and oxygen atoms in total. The Labute approximate surface area is 80.1 Å². The SMILES string of the molecule is OCO[C@@H]1OC(CO)[C@@H](O)[C@H](O)C1O. The molecule has 1 aliphatic rings. The third-order valence-electron chi connectivity index (χ3n) is 2.09. The molecule has 1 aliphatic heterocycles. The zero-order valence-electron chi connectivity index (χ0n) is 7.35. The molecule has 1 heterocycles. The minimum absolute atomic E-state index is 0.518. The van der Waals surface area contributed by atoms with Crippen molar-refractivity contribution >= 4 is 0 Å². The van der Waals surface area contributed by atoms with Gasteiger partial charge in [0.05, 0.1) is 6.61 Å². The van der Waals surface area contributed by atoms with Gasteiger partial charge in [0.25, 0.3) is 0 Å². The van der Waals surface area contributed by atoms with Gasteiger partial charge in [0, 0.05) is 0 Å². The highest BCUT2D eigenvalue weighted by Crippen LogP contribution is 2.21. The van der Waals surface area contributed by atoms with Crippen LogP contribution in [0.25, 0.3) is 0 Å². The minimum atomic E-state index is -1.47. The summed E-state index contributed by atoms with van der Waals surface area (Å²) in [5, 5.41) is 45.1. The lowest BCUT2D eigenvalue weighted by atomic mass is 9.99. The summed E-state index contributed by atoms with van der Waals surface area (Å²) in [7, 11) is 0. The van der Waals surface area contributed by atoms with Gasteiger partial charge in [-0.3, -0.25) is 0 Å². The van der Waals surface area contributed by atoms with Crippen molar-refractivity contribution in [3.63, 3.8) is 0 Å². The summed E-state index contributed by atoms with van der Waals surface area (Å²) in [6.45, 7) is -1.21. The molecule has 5 atom stereocenters. The van der Waals surface area contributed by atoms with Crippen molar-refractivity contribution in [2.24, 2.45) is 0 Å². The standard InChI is InChI=1S/C7H14O7/c8-1-3-4(10)5(11)6(12)7(14-3)13-2-9/h3-12H,1-2H2/t3?,4-,5+,6?,7-/m1/s1. The molecule has 5 N–H and O–H groups in total. The van der Waals surface area contributed by atoms with Crippen molar-refractivity contribution in [3.8, 4) is 0 Å². The van der Waals surface area contributed by atoms with E-state index in [0.29, 0.717) is 0 Å². The average Bonchev–Trinajstić information content (AvgIpc) is 2.19. The van der Waals surface area contributed by atoms with E-state index in [1.807, 2.05) is 0 Å². The van der Waals surface area contributed by atoms with E-state index in [2.05, 4.69) is 4.74 Å². The van der Waals surface area contributed by atoms with Gasteiger partial charge >= 0.3 is 0 Å². The molecule has 1 rings (SSSR count). The van der Waals surface area contributed by atoms with Crippen molar-refractivity contribution < 1.29 is 35.0 Å². The highest BCUT2D eigenvalue weighted by molar-refractivity contribution is 4.88. The first-order valence-corrected chi connectivity index (χ1v) is 4.14. The monoisotopic (exact) mass is 210 g/mol. The molecule has 0 amide bonds. The number of rotatable bonds is 3. The van der Waals surface area contributed by atoms with Crippen LogP contribution in [0.1, 0.15) is 0 Å². The largest absolute Gasteiger partial charge is 0.394 e. The lowest BCUT2D eigenvalue weighted by Gasteiger charge is -2.39. The van der Waals surface area contributed by atoms with Crippen LogP contribution < -0.4 is 0 Å². The van der Waals surface area contributed by atoms with Gasteiger partial charge in [-0.1, -0.05) is 0 Å². The fourth-order valence-corrected chi connectivity index (χ4v) is 1.28.